The first-order chi connectivity index (χ1) is 15.5. The molecule has 0 bridgehead atoms. The van der Waals surface area contributed by atoms with Gasteiger partial charge in [-0.25, -0.2) is 0 Å². The van der Waals surface area contributed by atoms with E-state index in [1.54, 1.807) is 36.8 Å². The van der Waals surface area contributed by atoms with E-state index in [2.05, 4.69) is 4.90 Å². The van der Waals surface area contributed by atoms with Crippen LogP contribution in [-0.2, 0) is 4.79 Å². The van der Waals surface area contributed by atoms with Gasteiger partial charge in [0.25, 0.3) is 0 Å². The lowest BCUT2D eigenvalue weighted by Gasteiger charge is -2.26. The van der Waals surface area contributed by atoms with Gasteiger partial charge >= 0.3 is 0 Å². The zero-order chi connectivity index (χ0) is 22.7. The topological polar surface area (TPSA) is 62.2 Å². The first-order valence-electron chi connectivity index (χ1n) is 10.9. The molecule has 6 nitrogen and oxygen atoms in total. The summed E-state index contributed by atoms with van der Waals surface area (Å²) in [6, 6.07) is 11.9. The van der Waals surface area contributed by atoms with Gasteiger partial charge in [-0.2, -0.15) is 0 Å². The minimum Gasteiger partial charge on any atom is -0.497 e. The second-order valence-corrected chi connectivity index (χ2v) is 9.63. The highest BCUT2D eigenvalue weighted by Gasteiger charge is 2.36. The maximum atomic E-state index is 12.6. The predicted molar refractivity (Wildman–Crippen MR) is 128 cm³/mol. The van der Waals surface area contributed by atoms with Gasteiger partial charge < -0.3 is 14.6 Å². The molecule has 1 unspecified atom stereocenters. The number of aliphatic hydroxyl groups is 1. The highest BCUT2D eigenvalue weighted by Crippen LogP contribution is 2.54. The molecule has 1 atom stereocenters. The standard InChI is InChI=1S/C24H29ClN2O4S/c1-16(29)27-21-8-4-17(25)14-23(21)32-24(27)20-15-19(30-2)7-9-22(20)31-13-3-10-26(11-12-28)18-5-6-18/h4,7-9,14-15,18,24,28H,3,5-6,10-13H2,1-2H3. The summed E-state index contributed by atoms with van der Waals surface area (Å²) in [6.07, 6.45) is 3.30. The van der Waals surface area contributed by atoms with Gasteiger partial charge in [-0.3, -0.25) is 14.6 Å². The van der Waals surface area contributed by atoms with Crippen molar-refractivity contribution < 1.29 is 19.4 Å². The molecule has 1 aliphatic heterocycles. The van der Waals surface area contributed by atoms with E-state index in [0.717, 1.165) is 34.9 Å². The van der Waals surface area contributed by atoms with Gasteiger partial charge in [0.15, 0.2) is 0 Å². The largest absolute Gasteiger partial charge is 0.497 e. The second kappa shape index (κ2) is 10.3. The molecule has 1 heterocycles. The van der Waals surface area contributed by atoms with Crippen LogP contribution in [0.5, 0.6) is 11.5 Å². The average molecular weight is 477 g/mol. The number of thioether (sulfide) groups is 1. The molecule has 32 heavy (non-hydrogen) atoms. The van der Waals surface area contributed by atoms with Crippen molar-refractivity contribution in [2.45, 2.75) is 42.5 Å². The summed E-state index contributed by atoms with van der Waals surface area (Å²) in [7, 11) is 1.63. The second-order valence-electron chi connectivity index (χ2n) is 8.07. The Morgan fingerprint density at radius 2 is 2.06 bits per heavy atom. The predicted octanol–water partition coefficient (Wildman–Crippen LogP) is 4.73. The minimum absolute atomic E-state index is 0.0404. The molecule has 2 aromatic rings. The normalized spacial score (nSPS) is 17.5. The van der Waals surface area contributed by atoms with E-state index in [1.165, 1.54) is 12.8 Å². The van der Waals surface area contributed by atoms with Gasteiger partial charge in [-0.15, -0.1) is 0 Å². The van der Waals surface area contributed by atoms with E-state index in [-0.39, 0.29) is 17.9 Å². The van der Waals surface area contributed by atoms with Gasteiger partial charge in [0, 0.05) is 41.5 Å². The lowest BCUT2D eigenvalue weighted by molar-refractivity contribution is -0.116. The number of nitrogens with zero attached hydrogens (tertiary/aromatic N) is 2. The molecule has 8 heteroatoms. The Morgan fingerprint density at radius 1 is 1.25 bits per heavy atom. The minimum atomic E-state index is -0.261. The number of carbonyl (C=O) groups excluding carboxylic acids is 1. The van der Waals surface area contributed by atoms with Crippen molar-refractivity contribution in [1.82, 2.24) is 4.90 Å². The molecule has 0 saturated heterocycles. The lowest BCUT2D eigenvalue weighted by Crippen LogP contribution is -2.31. The van der Waals surface area contributed by atoms with Gasteiger partial charge in [-0.1, -0.05) is 23.4 Å². The number of benzene rings is 2. The van der Waals surface area contributed by atoms with Crippen LogP contribution < -0.4 is 14.4 Å². The molecule has 2 aromatic carbocycles. The fourth-order valence-corrected chi connectivity index (χ4v) is 5.73. The number of ether oxygens (including phenoxy) is 2. The first-order valence-corrected chi connectivity index (χ1v) is 12.2. The molecule has 172 valence electrons. The van der Waals surface area contributed by atoms with Crippen molar-refractivity contribution in [2.24, 2.45) is 0 Å². The highest BCUT2D eigenvalue weighted by atomic mass is 35.5. The summed E-state index contributed by atoms with van der Waals surface area (Å²) < 4.78 is 11.7. The van der Waals surface area contributed by atoms with Crippen LogP contribution in [0.15, 0.2) is 41.3 Å². The van der Waals surface area contributed by atoms with Gasteiger partial charge in [-0.05, 0) is 55.7 Å². The third kappa shape index (κ3) is 5.17. The van der Waals surface area contributed by atoms with Crippen molar-refractivity contribution in [3.63, 3.8) is 0 Å². The van der Waals surface area contributed by atoms with Crippen molar-refractivity contribution in [3.05, 3.63) is 47.0 Å². The maximum Gasteiger partial charge on any atom is 0.225 e. The maximum absolute atomic E-state index is 12.6. The number of carbonyl (C=O) groups is 1. The zero-order valence-corrected chi connectivity index (χ0v) is 20.0. The Bertz CT molecular complexity index is 969. The summed E-state index contributed by atoms with van der Waals surface area (Å²) in [5.41, 5.74) is 1.75. The summed E-state index contributed by atoms with van der Waals surface area (Å²) in [4.78, 5) is 17.7. The van der Waals surface area contributed by atoms with Crippen LogP contribution in [-0.4, -0.2) is 55.4 Å². The van der Waals surface area contributed by atoms with Crippen molar-refractivity contribution in [3.8, 4) is 11.5 Å². The van der Waals surface area contributed by atoms with Crippen LogP contribution in [0.25, 0.3) is 0 Å². The highest BCUT2D eigenvalue weighted by molar-refractivity contribution is 8.00. The van der Waals surface area contributed by atoms with E-state index < -0.39 is 0 Å². The molecule has 1 fully saturated rings. The van der Waals surface area contributed by atoms with Crippen molar-refractivity contribution in [2.75, 3.05) is 38.3 Å². The quantitative estimate of drug-likeness (QED) is 0.500. The summed E-state index contributed by atoms with van der Waals surface area (Å²) >= 11 is 7.79. The smallest absolute Gasteiger partial charge is 0.225 e. The lowest BCUT2D eigenvalue weighted by atomic mass is 10.1. The number of methoxy groups -OCH3 is 1. The molecule has 1 aliphatic carbocycles. The van der Waals surface area contributed by atoms with Crippen molar-refractivity contribution >= 4 is 35.0 Å². The zero-order valence-electron chi connectivity index (χ0n) is 18.4. The van der Waals surface area contributed by atoms with Crippen LogP contribution in [0.3, 0.4) is 0 Å². The van der Waals surface area contributed by atoms with Crippen LogP contribution in [0.1, 0.15) is 37.1 Å². The van der Waals surface area contributed by atoms with Gasteiger partial charge in [0.05, 0.1) is 26.0 Å². The number of amides is 1. The molecule has 1 amide bonds. The average Bonchev–Trinajstić information content (AvgIpc) is 3.55. The molecule has 0 spiro atoms. The number of anilines is 1. The third-order valence-electron chi connectivity index (χ3n) is 5.77. The van der Waals surface area contributed by atoms with Gasteiger partial charge in [0.1, 0.15) is 16.9 Å². The number of aliphatic hydroxyl groups excluding tert-OH is 1. The fourth-order valence-electron chi connectivity index (χ4n) is 4.09. The fraction of sp³-hybridized carbons (Fsp3) is 0.458. The summed E-state index contributed by atoms with van der Waals surface area (Å²) in [5, 5.41) is 9.67. The Labute approximate surface area is 198 Å². The van der Waals surface area contributed by atoms with E-state index in [9.17, 15) is 9.90 Å². The number of fused-ring (bicyclic) bond motifs is 1. The summed E-state index contributed by atoms with van der Waals surface area (Å²) in [6.45, 7) is 3.93. The van der Waals surface area contributed by atoms with E-state index in [1.807, 2.05) is 30.3 Å². The number of hydrogen-bond acceptors (Lipinski definition) is 6. The van der Waals surface area contributed by atoms with E-state index in [0.29, 0.717) is 30.0 Å². The molecular formula is C24H29ClN2O4S. The van der Waals surface area contributed by atoms with Gasteiger partial charge in [0.2, 0.25) is 5.91 Å². The Balaban J connectivity index is 1.52. The van der Waals surface area contributed by atoms with Crippen molar-refractivity contribution in [1.29, 1.82) is 0 Å². The van der Waals surface area contributed by atoms with E-state index in [4.69, 9.17) is 21.1 Å². The van der Waals surface area contributed by atoms with Crippen LogP contribution in [0, 0.1) is 0 Å². The molecule has 0 aromatic heterocycles. The Hall–Kier alpha value is -1.93. The molecule has 1 saturated carbocycles. The molecule has 2 aliphatic rings. The molecule has 4 rings (SSSR count). The Kier molecular flexibility index (Phi) is 7.51. The van der Waals surface area contributed by atoms with E-state index >= 15 is 0 Å². The molecular weight excluding hydrogens is 448 g/mol. The Morgan fingerprint density at radius 3 is 2.75 bits per heavy atom. The molecule has 0 radical (unpaired) electrons. The SMILES string of the molecule is COc1ccc(OCCCN(CCO)C2CC2)c(C2Sc3cc(Cl)ccc3N2C(C)=O)c1. The van der Waals surface area contributed by atoms with Crippen LogP contribution >= 0.6 is 23.4 Å². The van der Waals surface area contributed by atoms with Crippen LogP contribution in [0.4, 0.5) is 5.69 Å². The molecule has 1 N–H and O–H groups in total. The number of halogens is 1. The monoisotopic (exact) mass is 476 g/mol. The number of hydrogen-bond donors (Lipinski definition) is 1. The summed E-state index contributed by atoms with van der Waals surface area (Å²) in [5.74, 6) is 1.42. The van der Waals surface area contributed by atoms with Crippen LogP contribution in [0.2, 0.25) is 5.02 Å². The number of rotatable bonds is 10. The third-order valence-corrected chi connectivity index (χ3v) is 7.28. The first kappa shape index (κ1) is 23.2.